The molecule has 21 heavy (non-hydrogen) atoms. The fourth-order valence-electron chi connectivity index (χ4n) is 2.35. The third-order valence-electron chi connectivity index (χ3n) is 3.62. The largest absolute Gasteiger partial charge is 0.372 e. The summed E-state index contributed by atoms with van der Waals surface area (Å²) in [6.07, 6.45) is 4.31. The molecule has 4 heteroatoms. The SMILES string of the molecule is CCOC(CNc1ccnc(C2CC2)n1)c1ccccc1. The molecule has 0 saturated heterocycles. The Morgan fingerprint density at radius 2 is 2.05 bits per heavy atom. The summed E-state index contributed by atoms with van der Waals surface area (Å²) in [5, 5.41) is 3.37. The fraction of sp³-hybridized carbons (Fsp3) is 0.412. The molecule has 1 fully saturated rings. The van der Waals surface area contributed by atoms with Gasteiger partial charge in [-0.05, 0) is 31.4 Å². The molecular weight excluding hydrogens is 262 g/mol. The minimum Gasteiger partial charge on any atom is -0.372 e. The Kier molecular flexibility index (Phi) is 4.46. The van der Waals surface area contributed by atoms with E-state index in [4.69, 9.17) is 4.74 Å². The lowest BCUT2D eigenvalue weighted by atomic mass is 10.1. The van der Waals surface area contributed by atoms with E-state index >= 15 is 0 Å². The van der Waals surface area contributed by atoms with Crippen LogP contribution in [0.5, 0.6) is 0 Å². The zero-order valence-corrected chi connectivity index (χ0v) is 12.3. The van der Waals surface area contributed by atoms with Gasteiger partial charge in [-0.1, -0.05) is 30.3 Å². The molecule has 1 atom stereocenters. The summed E-state index contributed by atoms with van der Waals surface area (Å²) in [5.41, 5.74) is 1.18. The van der Waals surface area contributed by atoms with Crippen LogP contribution in [0.3, 0.4) is 0 Å². The van der Waals surface area contributed by atoms with E-state index in [1.165, 1.54) is 18.4 Å². The first-order chi connectivity index (χ1) is 10.4. The molecule has 1 aliphatic rings. The normalized spacial score (nSPS) is 15.7. The standard InChI is InChI=1S/C17H21N3O/c1-2-21-15(13-6-4-3-5-7-13)12-19-16-10-11-18-17(20-16)14-8-9-14/h3-7,10-11,14-15H,2,8-9,12H2,1H3,(H,18,19,20). The molecule has 0 radical (unpaired) electrons. The van der Waals surface area contributed by atoms with Crippen LogP contribution in [-0.2, 0) is 4.74 Å². The number of hydrogen-bond donors (Lipinski definition) is 1. The summed E-state index contributed by atoms with van der Waals surface area (Å²) < 4.78 is 5.83. The van der Waals surface area contributed by atoms with Crippen LogP contribution >= 0.6 is 0 Å². The minimum absolute atomic E-state index is 0.0375. The van der Waals surface area contributed by atoms with Crippen molar-refractivity contribution in [2.24, 2.45) is 0 Å². The molecule has 1 aromatic carbocycles. The fourth-order valence-corrected chi connectivity index (χ4v) is 2.35. The second kappa shape index (κ2) is 6.68. The average Bonchev–Trinajstić information content (AvgIpc) is 3.37. The van der Waals surface area contributed by atoms with E-state index in [-0.39, 0.29) is 6.10 Å². The van der Waals surface area contributed by atoms with Gasteiger partial charge >= 0.3 is 0 Å². The van der Waals surface area contributed by atoms with E-state index in [0.29, 0.717) is 19.1 Å². The molecule has 1 N–H and O–H groups in total. The smallest absolute Gasteiger partial charge is 0.133 e. The first kappa shape index (κ1) is 14.0. The Morgan fingerprint density at radius 3 is 2.76 bits per heavy atom. The van der Waals surface area contributed by atoms with Gasteiger partial charge in [0, 0.05) is 25.3 Å². The number of benzene rings is 1. The van der Waals surface area contributed by atoms with Gasteiger partial charge in [0.1, 0.15) is 11.6 Å². The molecule has 1 heterocycles. The predicted octanol–water partition coefficient (Wildman–Crippen LogP) is 3.54. The second-order valence-electron chi connectivity index (χ2n) is 5.31. The molecule has 0 spiro atoms. The van der Waals surface area contributed by atoms with Crippen LogP contribution in [0.15, 0.2) is 42.6 Å². The van der Waals surface area contributed by atoms with E-state index in [9.17, 15) is 0 Å². The topological polar surface area (TPSA) is 47.0 Å². The zero-order valence-electron chi connectivity index (χ0n) is 12.3. The summed E-state index contributed by atoms with van der Waals surface area (Å²) in [6, 6.07) is 12.2. The lowest BCUT2D eigenvalue weighted by molar-refractivity contribution is 0.0718. The van der Waals surface area contributed by atoms with Crippen LogP contribution < -0.4 is 5.32 Å². The first-order valence-corrected chi connectivity index (χ1v) is 7.60. The van der Waals surface area contributed by atoms with Crippen LogP contribution in [0.25, 0.3) is 0 Å². The Balaban J connectivity index is 1.65. The Bertz CT molecular complexity index is 569. The van der Waals surface area contributed by atoms with Gasteiger partial charge in [0.2, 0.25) is 0 Å². The summed E-state index contributed by atoms with van der Waals surface area (Å²) in [6.45, 7) is 3.42. The van der Waals surface area contributed by atoms with Crippen molar-refractivity contribution in [3.8, 4) is 0 Å². The highest BCUT2D eigenvalue weighted by atomic mass is 16.5. The van der Waals surface area contributed by atoms with Crippen LogP contribution in [0.2, 0.25) is 0 Å². The van der Waals surface area contributed by atoms with E-state index in [0.717, 1.165) is 11.6 Å². The number of ether oxygens (including phenoxy) is 1. The van der Waals surface area contributed by atoms with E-state index < -0.39 is 0 Å². The number of anilines is 1. The lowest BCUT2D eigenvalue weighted by Gasteiger charge is -2.18. The molecule has 4 nitrogen and oxygen atoms in total. The Morgan fingerprint density at radius 1 is 1.24 bits per heavy atom. The van der Waals surface area contributed by atoms with Crippen molar-refractivity contribution < 1.29 is 4.74 Å². The molecule has 3 rings (SSSR count). The van der Waals surface area contributed by atoms with Crippen molar-refractivity contribution in [3.05, 3.63) is 54.0 Å². The highest BCUT2D eigenvalue weighted by Crippen LogP contribution is 2.38. The van der Waals surface area contributed by atoms with Crippen LogP contribution in [0, 0.1) is 0 Å². The monoisotopic (exact) mass is 283 g/mol. The van der Waals surface area contributed by atoms with Gasteiger partial charge in [0.15, 0.2) is 0 Å². The maximum Gasteiger partial charge on any atom is 0.133 e. The maximum absolute atomic E-state index is 5.83. The van der Waals surface area contributed by atoms with Crippen molar-refractivity contribution in [1.82, 2.24) is 9.97 Å². The third kappa shape index (κ3) is 3.79. The van der Waals surface area contributed by atoms with Crippen molar-refractivity contribution in [3.63, 3.8) is 0 Å². The summed E-state index contributed by atoms with van der Waals surface area (Å²) in [4.78, 5) is 8.92. The molecule has 0 bridgehead atoms. The molecule has 0 aliphatic heterocycles. The predicted molar refractivity (Wildman–Crippen MR) is 83.3 cm³/mol. The van der Waals surface area contributed by atoms with E-state index in [2.05, 4.69) is 27.4 Å². The number of rotatable bonds is 7. The van der Waals surface area contributed by atoms with Crippen LogP contribution in [0.4, 0.5) is 5.82 Å². The number of nitrogens with one attached hydrogen (secondary N) is 1. The molecule has 2 aromatic rings. The first-order valence-electron chi connectivity index (χ1n) is 7.60. The van der Waals surface area contributed by atoms with Crippen molar-refractivity contribution in [1.29, 1.82) is 0 Å². The van der Waals surface area contributed by atoms with Gasteiger partial charge in [-0.15, -0.1) is 0 Å². The van der Waals surface area contributed by atoms with Gasteiger partial charge in [-0.2, -0.15) is 0 Å². The van der Waals surface area contributed by atoms with Gasteiger partial charge < -0.3 is 10.1 Å². The quantitative estimate of drug-likeness (QED) is 0.844. The summed E-state index contributed by atoms with van der Waals surface area (Å²) >= 11 is 0. The maximum atomic E-state index is 5.83. The number of nitrogens with zero attached hydrogens (tertiary/aromatic N) is 2. The van der Waals surface area contributed by atoms with Gasteiger partial charge in [-0.3, -0.25) is 0 Å². The van der Waals surface area contributed by atoms with Crippen LogP contribution in [-0.4, -0.2) is 23.1 Å². The van der Waals surface area contributed by atoms with Gasteiger partial charge in [0.05, 0.1) is 6.10 Å². The van der Waals surface area contributed by atoms with Crippen molar-refractivity contribution in [2.45, 2.75) is 31.8 Å². The zero-order chi connectivity index (χ0) is 14.5. The molecular formula is C17H21N3O. The van der Waals surface area contributed by atoms with Gasteiger partial charge in [0.25, 0.3) is 0 Å². The summed E-state index contributed by atoms with van der Waals surface area (Å²) in [7, 11) is 0. The second-order valence-corrected chi connectivity index (χ2v) is 5.31. The average molecular weight is 283 g/mol. The van der Waals surface area contributed by atoms with E-state index in [1.807, 2.05) is 37.4 Å². The number of aromatic nitrogens is 2. The molecule has 1 unspecified atom stereocenters. The van der Waals surface area contributed by atoms with Crippen molar-refractivity contribution >= 4 is 5.82 Å². The number of hydrogen-bond acceptors (Lipinski definition) is 4. The highest BCUT2D eigenvalue weighted by Gasteiger charge is 2.26. The minimum atomic E-state index is 0.0375. The third-order valence-corrected chi connectivity index (χ3v) is 3.62. The van der Waals surface area contributed by atoms with Crippen molar-refractivity contribution in [2.75, 3.05) is 18.5 Å². The lowest BCUT2D eigenvalue weighted by Crippen LogP contribution is -2.16. The molecule has 1 saturated carbocycles. The molecule has 1 aromatic heterocycles. The van der Waals surface area contributed by atoms with Gasteiger partial charge in [-0.25, -0.2) is 9.97 Å². The summed E-state index contributed by atoms with van der Waals surface area (Å²) in [5.74, 6) is 2.42. The molecule has 110 valence electrons. The highest BCUT2D eigenvalue weighted by molar-refractivity contribution is 5.35. The van der Waals surface area contributed by atoms with Crippen LogP contribution in [0.1, 0.15) is 43.2 Å². The molecule has 1 aliphatic carbocycles. The van der Waals surface area contributed by atoms with E-state index in [1.54, 1.807) is 0 Å². The molecule has 0 amide bonds. The Labute approximate surface area is 125 Å². The Hall–Kier alpha value is -1.94.